The maximum absolute atomic E-state index is 5.79. The van der Waals surface area contributed by atoms with Crippen LogP contribution in [0.5, 0.6) is 0 Å². The van der Waals surface area contributed by atoms with Gasteiger partial charge in [0.15, 0.2) is 0 Å². The van der Waals surface area contributed by atoms with Crippen molar-refractivity contribution in [2.45, 2.75) is 26.3 Å². The molecular formula is C7H14N4. The second-order valence-electron chi connectivity index (χ2n) is 2.67. The Bertz CT molecular complexity index is 241. The molecule has 0 radical (unpaired) electrons. The Morgan fingerprint density at radius 1 is 1.55 bits per heavy atom. The minimum Gasteiger partial charge on any atom is -0.323 e. The van der Waals surface area contributed by atoms with Gasteiger partial charge in [-0.3, -0.25) is 0 Å². The van der Waals surface area contributed by atoms with E-state index < -0.39 is 0 Å². The van der Waals surface area contributed by atoms with Crippen LogP contribution in [0.4, 0.5) is 0 Å². The maximum atomic E-state index is 5.79. The topological polar surface area (TPSA) is 56.7 Å². The van der Waals surface area contributed by atoms with Gasteiger partial charge in [-0.25, -0.2) is 0 Å². The van der Waals surface area contributed by atoms with Gasteiger partial charge in [-0.1, -0.05) is 6.92 Å². The zero-order valence-electron chi connectivity index (χ0n) is 7.20. The van der Waals surface area contributed by atoms with Gasteiger partial charge in [0.05, 0.1) is 11.7 Å². The molecule has 4 nitrogen and oxygen atoms in total. The number of hydrogen-bond donors (Lipinski definition) is 1. The number of hydrogen-bond acceptors (Lipinski definition) is 3. The molecular weight excluding hydrogens is 140 g/mol. The predicted molar refractivity (Wildman–Crippen MR) is 43.0 cm³/mol. The molecule has 1 aromatic rings. The van der Waals surface area contributed by atoms with E-state index in [-0.39, 0.29) is 6.04 Å². The molecule has 0 aliphatic heterocycles. The lowest BCUT2D eigenvalue weighted by molar-refractivity contribution is 0.612. The fourth-order valence-electron chi connectivity index (χ4n) is 1.05. The van der Waals surface area contributed by atoms with E-state index in [0.29, 0.717) is 0 Å². The van der Waals surface area contributed by atoms with E-state index in [4.69, 9.17) is 5.73 Å². The fraction of sp³-hybridized carbons (Fsp3) is 0.714. The third kappa shape index (κ3) is 1.57. The van der Waals surface area contributed by atoms with Gasteiger partial charge in [0.25, 0.3) is 0 Å². The second kappa shape index (κ2) is 3.00. The molecule has 0 saturated carbocycles. The standard InChI is InChI=1S/C7H14N4/c1-4-6(8)7-5(2)9-11(3)10-7/h6H,4,8H2,1-3H3. The molecule has 0 bridgehead atoms. The lowest BCUT2D eigenvalue weighted by Gasteiger charge is -2.03. The zero-order chi connectivity index (χ0) is 8.43. The van der Waals surface area contributed by atoms with Gasteiger partial charge < -0.3 is 5.73 Å². The molecule has 1 aromatic heterocycles. The van der Waals surface area contributed by atoms with E-state index in [1.54, 1.807) is 11.8 Å². The second-order valence-corrected chi connectivity index (χ2v) is 2.67. The van der Waals surface area contributed by atoms with Crippen molar-refractivity contribution in [3.63, 3.8) is 0 Å². The van der Waals surface area contributed by atoms with E-state index in [9.17, 15) is 0 Å². The third-order valence-electron chi connectivity index (χ3n) is 1.71. The first-order valence-corrected chi connectivity index (χ1v) is 3.78. The van der Waals surface area contributed by atoms with Crippen molar-refractivity contribution in [2.75, 3.05) is 0 Å². The molecule has 2 N–H and O–H groups in total. The van der Waals surface area contributed by atoms with Crippen LogP contribution in [0.1, 0.15) is 30.8 Å². The van der Waals surface area contributed by atoms with Crippen LogP contribution in [0.2, 0.25) is 0 Å². The summed E-state index contributed by atoms with van der Waals surface area (Å²) in [7, 11) is 1.80. The average molecular weight is 154 g/mol. The minimum atomic E-state index is 0.0312. The van der Waals surface area contributed by atoms with Crippen molar-refractivity contribution < 1.29 is 0 Å². The quantitative estimate of drug-likeness (QED) is 0.676. The van der Waals surface area contributed by atoms with Crippen molar-refractivity contribution in [3.05, 3.63) is 11.4 Å². The first kappa shape index (κ1) is 8.20. The first-order valence-electron chi connectivity index (χ1n) is 3.78. The summed E-state index contributed by atoms with van der Waals surface area (Å²) in [5, 5.41) is 8.27. The van der Waals surface area contributed by atoms with Crippen LogP contribution in [-0.4, -0.2) is 15.0 Å². The fourth-order valence-corrected chi connectivity index (χ4v) is 1.05. The zero-order valence-corrected chi connectivity index (χ0v) is 7.20. The number of rotatable bonds is 2. The Hall–Kier alpha value is -0.900. The summed E-state index contributed by atoms with van der Waals surface area (Å²) in [5.41, 5.74) is 7.64. The van der Waals surface area contributed by atoms with Crippen molar-refractivity contribution in [1.29, 1.82) is 0 Å². The van der Waals surface area contributed by atoms with Crippen LogP contribution in [0.25, 0.3) is 0 Å². The smallest absolute Gasteiger partial charge is 0.102 e. The van der Waals surface area contributed by atoms with Gasteiger partial charge in [-0.05, 0) is 13.3 Å². The summed E-state index contributed by atoms with van der Waals surface area (Å²) in [5.74, 6) is 0. The summed E-state index contributed by atoms with van der Waals surface area (Å²) < 4.78 is 0. The molecule has 1 unspecified atom stereocenters. The molecule has 0 aliphatic rings. The summed E-state index contributed by atoms with van der Waals surface area (Å²) in [6.07, 6.45) is 0.902. The number of nitrogens with zero attached hydrogens (tertiary/aromatic N) is 3. The predicted octanol–water partition coefficient (Wildman–Crippen LogP) is 0.533. The minimum absolute atomic E-state index is 0.0312. The number of nitrogens with two attached hydrogens (primary N) is 1. The lowest BCUT2D eigenvalue weighted by atomic mass is 10.1. The summed E-state index contributed by atoms with van der Waals surface area (Å²) >= 11 is 0. The Kier molecular flexibility index (Phi) is 2.24. The largest absolute Gasteiger partial charge is 0.323 e. The number of aromatic nitrogens is 3. The normalized spacial score (nSPS) is 13.5. The molecule has 0 aliphatic carbocycles. The highest BCUT2D eigenvalue weighted by atomic mass is 15.5. The van der Waals surface area contributed by atoms with E-state index in [1.807, 2.05) is 13.8 Å². The van der Waals surface area contributed by atoms with E-state index >= 15 is 0 Å². The molecule has 1 heterocycles. The molecule has 0 saturated heterocycles. The van der Waals surface area contributed by atoms with Crippen molar-refractivity contribution >= 4 is 0 Å². The van der Waals surface area contributed by atoms with Crippen LogP contribution >= 0.6 is 0 Å². The summed E-state index contributed by atoms with van der Waals surface area (Å²) in [6.45, 7) is 3.97. The highest BCUT2D eigenvalue weighted by molar-refractivity contribution is 5.10. The molecule has 0 aromatic carbocycles. The van der Waals surface area contributed by atoms with E-state index in [2.05, 4.69) is 10.2 Å². The molecule has 4 heteroatoms. The number of aryl methyl sites for hydroxylation is 2. The molecule has 0 fully saturated rings. The first-order chi connectivity index (χ1) is 5.15. The highest BCUT2D eigenvalue weighted by Gasteiger charge is 2.11. The molecule has 0 spiro atoms. The van der Waals surface area contributed by atoms with Crippen LogP contribution in [-0.2, 0) is 7.05 Å². The Labute approximate surface area is 66.4 Å². The SMILES string of the molecule is CCC(N)c1nn(C)nc1C. The Balaban J connectivity index is 2.93. The maximum Gasteiger partial charge on any atom is 0.102 e. The van der Waals surface area contributed by atoms with E-state index in [0.717, 1.165) is 17.8 Å². The van der Waals surface area contributed by atoms with Crippen molar-refractivity contribution in [1.82, 2.24) is 15.0 Å². The molecule has 1 rings (SSSR count). The average Bonchev–Trinajstić information content (AvgIpc) is 2.28. The van der Waals surface area contributed by atoms with Crippen LogP contribution in [0.15, 0.2) is 0 Å². The van der Waals surface area contributed by atoms with Crippen LogP contribution in [0.3, 0.4) is 0 Å². The van der Waals surface area contributed by atoms with Gasteiger partial charge in [-0.2, -0.15) is 15.0 Å². The van der Waals surface area contributed by atoms with Crippen LogP contribution < -0.4 is 5.73 Å². The van der Waals surface area contributed by atoms with Gasteiger partial charge in [0.1, 0.15) is 5.69 Å². The lowest BCUT2D eigenvalue weighted by Crippen LogP contribution is -2.10. The van der Waals surface area contributed by atoms with Gasteiger partial charge >= 0.3 is 0 Å². The Morgan fingerprint density at radius 2 is 2.18 bits per heavy atom. The van der Waals surface area contributed by atoms with Crippen LogP contribution in [0, 0.1) is 6.92 Å². The van der Waals surface area contributed by atoms with Gasteiger partial charge in [0.2, 0.25) is 0 Å². The van der Waals surface area contributed by atoms with Gasteiger partial charge in [-0.15, -0.1) is 0 Å². The molecule has 62 valence electrons. The third-order valence-corrected chi connectivity index (χ3v) is 1.71. The monoisotopic (exact) mass is 154 g/mol. The van der Waals surface area contributed by atoms with Gasteiger partial charge in [0, 0.05) is 7.05 Å². The van der Waals surface area contributed by atoms with Crippen molar-refractivity contribution in [3.8, 4) is 0 Å². The summed E-state index contributed by atoms with van der Waals surface area (Å²) in [6, 6.07) is 0.0312. The molecule has 1 atom stereocenters. The van der Waals surface area contributed by atoms with Crippen molar-refractivity contribution in [2.24, 2.45) is 12.8 Å². The molecule has 0 amide bonds. The summed E-state index contributed by atoms with van der Waals surface area (Å²) in [4.78, 5) is 1.56. The van der Waals surface area contributed by atoms with E-state index in [1.165, 1.54) is 0 Å². The Morgan fingerprint density at radius 3 is 2.55 bits per heavy atom. The highest BCUT2D eigenvalue weighted by Crippen LogP contribution is 2.12. The molecule has 11 heavy (non-hydrogen) atoms.